The van der Waals surface area contributed by atoms with Crippen LogP contribution in [0.25, 0.3) is 0 Å². The zero-order chi connectivity index (χ0) is 13.0. The number of nitrogens with one attached hydrogen (secondary N) is 1. The number of hydrogen-bond acceptors (Lipinski definition) is 3. The molecule has 0 bridgehead atoms. The monoisotopic (exact) mass is 253 g/mol. The van der Waals surface area contributed by atoms with Crippen molar-refractivity contribution in [1.29, 1.82) is 0 Å². The molecule has 0 heterocycles. The lowest BCUT2D eigenvalue weighted by Crippen LogP contribution is -2.22. The molecular weight excluding hydrogens is 234 g/mol. The topological polar surface area (TPSA) is 49.3 Å². The van der Waals surface area contributed by atoms with Crippen LogP contribution in [0.15, 0.2) is 12.1 Å². The number of rotatable bonds is 4. The van der Waals surface area contributed by atoms with Gasteiger partial charge in [-0.15, -0.1) is 0 Å². The molecule has 0 saturated carbocycles. The summed E-state index contributed by atoms with van der Waals surface area (Å²) in [7, 11) is 0. The SMILES string of the molecule is CSCC(C)C(=O)Nc1cc(C)c(O)cc1C. The minimum atomic E-state index is -0.0153. The largest absolute Gasteiger partial charge is 0.508 e. The van der Waals surface area contributed by atoms with Gasteiger partial charge in [0.05, 0.1) is 0 Å². The van der Waals surface area contributed by atoms with Gasteiger partial charge in [-0.25, -0.2) is 0 Å². The summed E-state index contributed by atoms with van der Waals surface area (Å²) in [6.45, 7) is 5.60. The van der Waals surface area contributed by atoms with Gasteiger partial charge in [0.2, 0.25) is 5.91 Å². The highest BCUT2D eigenvalue weighted by atomic mass is 32.2. The van der Waals surface area contributed by atoms with E-state index in [0.717, 1.165) is 22.6 Å². The molecule has 17 heavy (non-hydrogen) atoms. The maximum atomic E-state index is 11.9. The number of hydrogen-bond donors (Lipinski definition) is 2. The molecule has 1 unspecified atom stereocenters. The Morgan fingerprint density at radius 1 is 1.41 bits per heavy atom. The summed E-state index contributed by atoms with van der Waals surface area (Å²) in [4.78, 5) is 11.9. The lowest BCUT2D eigenvalue weighted by molar-refractivity contribution is -0.118. The molecule has 3 nitrogen and oxygen atoms in total. The van der Waals surface area contributed by atoms with Gasteiger partial charge in [0.1, 0.15) is 5.75 Å². The number of carbonyl (C=O) groups excluding carboxylic acids is 1. The molecule has 0 aliphatic rings. The molecule has 1 rings (SSSR count). The van der Waals surface area contributed by atoms with Gasteiger partial charge in [-0.2, -0.15) is 11.8 Å². The van der Waals surface area contributed by atoms with Crippen LogP contribution in [0.3, 0.4) is 0 Å². The fraction of sp³-hybridized carbons (Fsp3) is 0.462. The number of phenols is 1. The summed E-state index contributed by atoms with van der Waals surface area (Å²) < 4.78 is 0. The summed E-state index contributed by atoms with van der Waals surface area (Å²) >= 11 is 1.66. The third-order valence-corrected chi connectivity index (χ3v) is 3.50. The number of anilines is 1. The van der Waals surface area contributed by atoms with E-state index in [-0.39, 0.29) is 17.6 Å². The number of carbonyl (C=O) groups is 1. The van der Waals surface area contributed by atoms with Crippen LogP contribution in [0.2, 0.25) is 0 Å². The van der Waals surface area contributed by atoms with E-state index in [1.165, 1.54) is 0 Å². The summed E-state index contributed by atoms with van der Waals surface area (Å²) in [6, 6.07) is 3.47. The van der Waals surface area contributed by atoms with Gasteiger partial charge in [0.25, 0.3) is 0 Å². The molecule has 94 valence electrons. The highest BCUT2D eigenvalue weighted by Crippen LogP contribution is 2.25. The molecule has 4 heteroatoms. The second kappa shape index (κ2) is 5.96. The molecule has 1 aromatic rings. The molecule has 1 aromatic carbocycles. The van der Waals surface area contributed by atoms with E-state index in [0.29, 0.717) is 0 Å². The average Bonchev–Trinajstić information content (AvgIpc) is 2.26. The summed E-state index contributed by atoms with van der Waals surface area (Å²) in [6.07, 6.45) is 1.99. The Morgan fingerprint density at radius 3 is 2.65 bits per heavy atom. The van der Waals surface area contributed by atoms with Crippen LogP contribution in [0.1, 0.15) is 18.1 Å². The van der Waals surface area contributed by atoms with Gasteiger partial charge in [0, 0.05) is 17.4 Å². The predicted octanol–water partition coefficient (Wildman–Crippen LogP) is 2.95. The highest BCUT2D eigenvalue weighted by Gasteiger charge is 2.13. The van der Waals surface area contributed by atoms with Crippen molar-refractivity contribution in [2.45, 2.75) is 20.8 Å². The molecular formula is C13H19NO2S. The Hall–Kier alpha value is -1.16. The standard InChI is InChI=1S/C13H19NO2S/c1-8-6-12(15)9(2)5-11(8)14-13(16)10(3)7-17-4/h5-6,10,15H,7H2,1-4H3,(H,14,16). The smallest absolute Gasteiger partial charge is 0.228 e. The summed E-state index contributed by atoms with van der Waals surface area (Å²) in [5, 5.41) is 12.4. The normalized spacial score (nSPS) is 12.2. The summed E-state index contributed by atoms with van der Waals surface area (Å²) in [5.41, 5.74) is 2.42. The van der Waals surface area contributed by atoms with Crippen molar-refractivity contribution in [2.75, 3.05) is 17.3 Å². The number of phenolic OH excluding ortho intramolecular Hbond substituents is 1. The fourth-order valence-corrected chi connectivity index (χ4v) is 2.17. The molecule has 0 fully saturated rings. The molecule has 1 amide bonds. The van der Waals surface area contributed by atoms with Crippen LogP contribution in [0, 0.1) is 19.8 Å². The Balaban J connectivity index is 2.81. The van der Waals surface area contributed by atoms with Gasteiger partial charge < -0.3 is 10.4 Å². The quantitative estimate of drug-likeness (QED) is 0.811. The van der Waals surface area contributed by atoms with E-state index < -0.39 is 0 Å². The maximum Gasteiger partial charge on any atom is 0.228 e. The van der Waals surface area contributed by atoms with Crippen LogP contribution < -0.4 is 5.32 Å². The third kappa shape index (κ3) is 3.66. The third-order valence-electron chi connectivity index (χ3n) is 2.67. The first-order valence-electron chi connectivity index (χ1n) is 5.55. The Kier molecular flexibility index (Phi) is 4.87. The second-order valence-electron chi connectivity index (χ2n) is 4.30. The number of amides is 1. The Morgan fingerprint density at radius 2 is 2.06 bits per heavy atom. The van der Waals surface area contributed by atoms with Crippen LogP contribution in [-0.4, -0.2) is 23.0 Å². The molecule has 1 atom stereocenters. The molecule has 2 N–H and O–H groups in total. The molecule has 0 saturated heterocycles. The summed E-state index contributed by atoms with van der Waals surface area (Å²) in [5.74, 6) is 1.07. The minimum Gasteiger partial charge on any atom is -0.508 e. The Bertz CT molecular complexity index is 418. The number of benzene rings is 1. The van der Waals surface area contributed by atoms with Gasteiger partial charge in [-0.1, -0.05) is 6.92 Å². The zero-order valence-electron chi connectivity index (χ0n) is 10.7. The Labute approximate surface area is 107 Å². The van der Waals surface area contributed by atoms with E-state index >= 15 is 0 Å². The van der Waals surface area contributed by atoms with Crippen molar-refractivity contribution in [2.24, 2.45) is 5.92 Å². The maximum absolute atomic E-state index is 11.9. The lowest BCUT2D eigenvalue weighted by atomic mass is 10.1. The highest BCUT2D eigenvalue weighted by molar-refractivity contribution is 7.98. The predicted molar refractivity (Wildman–Crippen MR) is 73.8 cm³/mol. The minimum absolute atomic E-state index is 0.0153. The lowest BCUT2D eigenvalue weighted by Gasteiger charge is -2.14. The van der Waals surface area contributed by atoms with E-state index in [2.05, 4.69) is 5.32 Å². The van der Waals surface area contributed by atoms with Crippen molar-refractivity contribution in [3.05, 3.63) is 23.3 Å². The molecule has 0 spiro atoms. The van der Waals surface area contributed by atoms with Crippen LogP contribution in [0.4, 0.5) is 5.69 Å². The first-order valence-corrected chi connectivity index (χ1v) is 6.95. The van der Waals surface area contributed by atoms with Crippen molar-refractivity contribution in [1.82, 2.24) is 0 Å². The van der Waals surface area contributed by atoms with Gasteiger partial charge in [-0.3, -0.25) is 4.79 Å². The van der Waals surface area contributed by atoms with Crippen LogP contribution >= 0.6 is 11.8 Å². The van der Waals surface area contributed by atoms with E-state index in [9.17, 15) is 9.90 Å². The van der Waals surface area contributed by atoms with Crippen LogP contribution in [0.5, 0.6) is 5.75 Å². The van der Waals surface area contributed by atoms with Crippen molar-refractivity contribution in [3.63, 3.8) is 0 Å². The second-order valence-corrected chi connectivity index (χ2v) is 5.21. The van der Waals surface area contributed by atoms with Gasteiger partial charge in [-0.05, 0) is 43.4 Å². The van der Waals surface area contributed by atoms with Gasteiger partial charge in [0.15, 0.2) is 0 Å². The first-order chi connectivity index (χ1) is 7.95. The van der Waals surface area contributed by atoms with E-state index in [4.69, 9.17) is 0 Å². The molecule has 0 radical (unpaired) electrons. The van der Waals surface area contributed by atoms with E-state index in [1.54, 1.807) is 23.9 Å². The molecule has 0 aliphatic heterocycles. The number of aryl methyl sites for hydroxylation is 2. The van der Waals surface area contributed by atoms with Gasteiger partial charge >= 0.3 is 0 Å². The fourth-order valence-electron chi connectivity index (χ4n) is 1.52. The number of thioether (sulfide) groups is 1. The first kappa shape index (κ1) is 13.9. The zero-order valence-corrected chi connectivity index (χ0v) is 11.5. The van der Waals surface area contributed by atoms with E-state index in [1.807, 2.05) is 27.0 Å². The van der Waals surface area contributed by atoms with Crippen molar-refractivity contribution < 1.29 is 9.90 Å². The van der Waals surface area contributed by atoms with Crippen LogP contribution in [-0.2, 0) is 4.79 Å². The average molecular weight is 253 g/mol. The van der Waals surface area contributed by atoms with Crippen molar-refractivity contribution >= 4 is 23.4 Å². The van der Waals surface area contributed by atoms with Crippen molar-refractivity contribution in [3.8, 4) is 5.75 Å². The molecule has 0 aromatic heterocycles. The molecule has 0 aliphatic carbocycles. The number of aromatic hydroxyl groups is 1.